The summed E-state index contributed by atoms with van der Waals surface area (Å²) in [6.07, 6.45) is 1.43. The van der Waals surface area contributed by atoms with E-state index in [1.807, 2.05) is 20.8 Å². The molecule has 1 amide bonds. The maximum absolute atomic E-state index is 11.9. The average Bonchev–Trinajstić information content (AvgIpc) is 2.25. The van der Waals surface area contributed by atoms with Crippen LogP contribution in [0.25, 0.3) is 0 Å². The number of rotatable bonds is 1. The maximum atomic E-state index is 11.9. The molecule has 0 N–H and O–H groups in total. The van der Waals surface area contributed by atoms with Gasteiger partial charge in [-0.2, -0.15) is 5.26 Å². The van der Waals surface area contributed by atoms with E-state index in [4.69, 9.17) is 10.00 Å². The quantitative estimate of drug-likeness (QED) is 0.705. The number of hydrogen-bond acceptors (Lipinski definition) is 3. The highest BCUT2D eigenvalue weighted by Crippen LogP contribution is 2.26. The lowest BCUT2D eigenvalue weighted by atomic mass is 9.85. The zero-order valence-electron chi connectivity index (χ0n) is 11.2. The van der Waals surface area contributed by atoms with Gasteiger partial charge in [0.15, 0.2) is 0 Å². The Kier molecular flexibility index (Phi) is 4.39. The third-order valence-electron chi connectivity index (χ3n) is 3.08. The van der Waals surface area contributed by atoms with Gasteiger partial charge in [0.05, 0.1) is 12.0 Å². The summed E-state index contributed by atoms with van der Waals surface area (Å²) in [5.41, 5.74) is -0.454. The Balaban J connectivity index is 2.58. The van der Waals surface area contributed by atoms with Crippen molar-refractivity contribution < 1.29 is 9.53 Å². The second-order valence-corrected chi connectivity index (χ2v) is 5.62. The monoisotopic (exact) mass is 238 g/mol. The Hall–Kier alpha value is -1.24. The molecule has 0 spiro atoms. The molecule has 4 nitrogen and oxygen atoms in total. The summed E-state index contributed by atoms with van der Waals surface area (Å²) < 4.78 is 5.34. The molecule has 96 valence electrons. The van der Waals surface area contributed by atoms with Gasteiger partial charge in [0.1, 0.15) is 5.60 Å². The van der Waals surface area contributed by atoms with Crippen LogP contribution in [0.15, 0.2) is 0 Å². The van der Waals surface area contributed by atoms with Gasteiger partial charge in [0.25, 0.3) is 0 Å². The van der Waals surface area contributed by atoms with Crippen LogP contribution in [-0.2, 0) is 4.74 Å². The molecule has 1 rings (SSSR count). The number of nitrogens with zero attached hydrogens (tertiary/aromatic N) is 2. The predicted molar refractivity (Wildman–Crippen MR) is 65.3 cm³/mol. The highest BCUT2D eigenvalue weighted by molar-refractivity contribution is 5.68. The van der Waals surface area contributed by atoms with Gasteiger partial charge in [-0.25, -0.2) is 4.79 Å². The Bertz CT molecular complexity index is 314. The number of carbonyl (C=O) groups is 1. The van der Waals surface area contributed by atoms with E-state index in [1.165, 1.54) is 0 Å². The number of nitriles is 1. The second-order valence-electron chi connectivity index (χ2n) is 5.62. The molecule has 0 aromatic heterocycles. The number of likely N-dealkylation sites (tertiary alicyclic amines) is 1. The fourth-order valence-electron chi connectivity index (χ4n) is 2.11. The van der Waals surface area contributed by atoms with Crippen LogP contribution in [0, 0.1) is 23.2 Å². The molecule has 1 saturated heterocycles. The molecule has 1 aliphatic rings. The second kappa shape index (κ2) is 5.39. The van der Waals surface area contributed by atoms with Crippen molar-refractivity contribution in [2.75, 3.05) is 13.1 Å². The largest absolute Gasteiger partial charge is 0.444 e. The summed E-state index contributed by atoms with van der Waals surface area (Å²) in [6, 6.07) is 2.33. The maximum Gasteiger partial charge on any atom is 0.410 e. The van der Waals surface area contributed by atoms with Crippen molar-refractivity contribution in [3.8, 4) is 6.07 Å². The zero-order valence-corrected chi connectivity index (χ0v) is 11.2. The normalized spacial score (nSPS) is 25.2. The van der Waals surface area contributed by atoms with E-state index in [1.54, 1.807) is 4.90 Å². The molecule has 0 aromatic rings. The number of carbonyl (C=O) groups excluding carboxylic acids is 1. The zero-order chi connectivity index (χ0) is 13.1. The van der Waals surface area contributed by atoms with Crippen LogP contribution in [0.4, 0.5) is 4.79 Å². The van der Waals surface area contributed by atoms with Crippen LogP contribution in [0.2, 0.25) is 0 Å². The van der Waals surface area contributed by atoms with Crippen molar-refractivity contribution in [2.24, 2.45) is 11.8 Å². The molecule has 1 aliphatic heterocycles. The van der Waals surface area contributed by atoms with Crippen molar-refractivity contribution in [1.82, 2.24) is 4.90 Å². The summed E-state index contributed by atoms with van der Waals surface area (Å²) in [7, 11) is 0. The summed E-state index contributed by atoms with van der Waals surface area (Å²) >= 11 is 0. The molecule has 4 heteroatoms. The Labute approximate surface area is 104 Å². The first-order valence-electron chi connectivity index (χ1n) is 6.25. The van der Waals surface area contributed by atoms with E-state index in [0.717, 1.165) is 12.8 Å². The third-order valence-corrected chi connectivity index (χ3v) is 3.08. The molecule has 0 saturated carbocycles. The highest BCUT2D eigenvalue weighted by atomic mass is 16.6. The van der Waals surface area contributed by atoms with Gasteiger partial charge in [-0.05, 0) is 33.1 Å². The lowest BCUT2D eigenvalue weighted by molar-refractivity contribution is 0.0131. The Morgan fingerprint density at radius 2 is 2.18 bits per heavy atom. The average molecular weight is 238 g/mol. The SMILES string of the molecule is CCC1CN(C(=O)OC(C)(C)C)CCC1C#N. The first-order chi connectivity index (χ1) is 7.87. The molecular weight excluding hydrogens is 216 g/mol. The van der Waals surface area contributed by atoms with Crippen molar-refractivity contribution in [2.45, 2.75) is 46.1 Å². The molecule has 17 heavy (non-hydrogen) atoms. The molecule has 0 aromatic carbocycles. The Morgan fingerprint density at radius 1 is 1.53 bits per heavy atom. The molecule has 0 aliphatic carbocycles. The van der Waals surface area contributed by atoms with E-state index in [0.29, 0.717) is 13.1 Å². The minimum absolute atomic E-state index is 0.0821. The topological polar surface area (TPSA) is 53.3 Å². The molecule has 2 unspecified atom stereocenters. The van der Waals surface area contributed by atoms with Gasteiger partial charge in [0, 0.05) is 13.1 Å². The number of ether oxygens (including phenoxy) is 1. The van der Waals surface area contributed by atoms with Crippen LogP contribution in [-0.4, -0.2) is 29.7 Å². The van der Waals surface area contributed by atoms with Gasteiger partial charge in [-0.1, -0.05) is 13.3 Å². The van der Waals surface area contributed by atoms with E-state index >= 15 is 0 Å². The summed E-state index contributed by atoms with van der Waals surface area (Å²) in [4.78, 5) is 13.6. The molecular formula is C13H22N2O2. The molecule has 0 radical (unpaired) electrons. The van der Waals surface area contributed by atoms with E-state index in [9.17, 15) is 4.79 Å². The van der Waals surface area contributed by atoms with E-state index in [2.05, 4.69) is 13.0 Å². The van der Waals surface area contributed by atoms with E-state index < -0.39 is 5.60 Å². The van der Waals surface area contributed by atoms with Crippen LogP contribution < -0.4 is 0 Å². The van der Waals surface area contributed by atoms with Crippen molar-refractivity contribution in [1.29, 1.82) is 5.26 Å². The molecule has 1 fully saturated rings. The van der Waals surface area contributed by atoms with Crippen molar-refractivity contribution in [3.05, 3.63) is 0 Å². The van der Waals surface area contributed by atoms with E-state index in [-0.39, 0.29) is 17.9 Å². The summed E-state index contributed by atoms with van der Waals surface area (Å²) in [5, 5.41) is 9.02. The van der Waals surface area contributed by atoms with Crippen LogP contribution in [0.5, 0.6) is 0 Å². The first kappa shape index (κ1) is 13.8. The van der Waals surface area contributed by atoms with Gasteiger partial charge in [-0.3, -0.25) is 0 Å². The highest BCUT2D eigenvalue weighted by Gasteiger charge is 2.32. The van der Waals surface area contributed by atoms with Crippen LogP contribution in [0.3, 0.4) is 0 Å². The van der Waals surface area contributed by atoms with Gasteiger partial charge in [0.2, 0.25) is 0 Å². The smallest absolute Gasteiger partial charge is 0.410 e. The lowest BCUT2D eigenvalue weighted by Gasteiger charge is -2.36. The number of amides is 1. The Morgan fingerprint density at radius 3 is 2.65 bits per heavy atom. The summed E-state index contributed by atoms with van der Waals surface area (Å²) in [6.45, 7) is 8.93. The van der Waals surface area contributed by atoms with Crippen molar-refractivity contribution in [3.63, 3.8) is 0 Å². The first-order valence-corrected chi connectivity index (χ1v) is 6.25. The minimum atomic E-state index is -0.454. The molecule has 1 heterocycles. The molecule has 2 atom stereocenters. The number of piperidine rings is 1. The fourth-order valence-corrected chi connectivity index (χ4v) is 2.11. The number of hydrogen-bond donors (Lipinski definition) is 0. The predicted octanol–water partition coefficient (Wildman–Crippen LogP) is 2.79. The molecule has 0 bridgehead atoms. The van der Waals surface area contributed by atoms with Gasteiger partial charge < -0.3 is 9.64 Å². The standard InChI is InChI=1S/C13H22N2O2/c1-5-10-9-15(7-6-11(10)8-14)12(16)17-13(2,3)4/h10-11H,5-7,9H2,1-4H3. The fraction of sp³-hybridized carbons (Fsp3) is 0.846. The minimum Gasteiger partial charge on any atom is -0.444 e. The van der Waals surface area contributed by atoms with Crippen molar-refractivity contribution >= 4 is 6.09 Å². The third kappa shape index (κ3) is 3.92. The van der Waals surface area contributed by atoms with Gasteiger partial charge >= 0.3 is 6.09 Å². The summed E-state index contributed by atoms with van der Waals surface area (Å²) in [5.74, 6) is 0.361. The van der Waals surface area contributed by atoms with Crippen LogP contribution in [0.1, 0.15) is 40.5 Å². The van der Waals surface area contributed by atoms with Gasteiger partial charge in [-0.15, -0.1) is 0 Å². The lowest BCUT2D eigenvalue weighted by Crippen LogP contribution is -2.45. The van der Waals surface area contributed by atoms with Crippen LogP contribution >= 0.6 is 0 Å².